The molecule has 0 atom stereocenters. The summed E-state index contributed by atoms with van der Waals surface area (Å²) in [6.45, 7) is 0.768. The van der Waals surface area contributed by atoms with Gasteiger partial charge in [0, 0.05) is 42.0 Å². The Balaban J connectivity index is 1.52. The summed E-state index contributed by atoms with van der Waals surface area (Å²) in [6, 6.07) is 27.3. The molecule has 2 nitrogen and oxygen atoms in total. The minimum absolute atomic E-state index is 0.222. The van der Waals surface area contributed by atoms with Gasteiger partial charge in [-0.15, -0.1) is 23.5 Å². The number of ether oxygens (including phenoxy) is 1. The second kappa shape index (κ2) is 14.8. The number of thioether (sulfide) groups is 2. The average Bonchev–Trinajstić information content (AvgIpc) is 2.87. The van der Waals surface area contributed by atoms with Gasteiger partial charge < -0.3 is 4.74 Å². The van der Waals surface area contributed by atoms with Crippen molar-refractivity contribution in [2.75, 3.05) is 6.61 Å². The van der Waals surface area contributed by atoms with E-state index in [-0.39, 0.29) is 4.58 Å². The molecule has 0 radical (unpaired) electrons. The summed E-state index contributed by atoms with van der Waals surface area (Å²) < 4.78 is 13.8. The summed E-state index contributed by atoms with van der Waals surface area (Å²) in [5, 5.41) is 0. The van der Waals surface area contributed by atoms with E-state index < -0.39 is 0 Å². The van der Waals surface area contributed by atoms with E-state index in [9.17, 15) is 0 Å². The Kier molecular flexibility index (Phi) is 11.5. The van der Waals surface area contributed by atoms with Gasteiger partial charge in [-0.3, -0.25) is 0 Å². The van der Waals surface area contributed by atoms with E-state index in [1.807, 2.05) is 29.6 Å². The molecule has 4 rings (SSSR count). The molecule has 7 heteroatoms. The second-order valence-corrected chi connectivity index (χ2v) is 14.0. The van der Waals surface area contributed by atoms with Gasteiger partial charge in [-0.25, -0.2) is 0 Å². The number of benzene rings is 3. The maximum absolute atomic E-state index is 6.44. The van der Waals surface area contributed by atoms with Gasteiger partial charge >= 0.3 is 0 Å². The smallest absolute Gasteiger partial charge is 0.197 e. The van der Waals surface area contributed by atoms with E-state index in [0.717, 1.165) is 32.8 Å². The molecule has 1 aliphatic carbocycles. The van der Waals surface area contributed by atoms with E-state index >= 15 is 0 Å². The average molecular weight is 652 g/mol. The second-order valence-electron chi connectivity index (χ2n) is 8.49. The van der Waals surface area contributed by atoms with Crippen molar-refractivity contribution in [3.05, 3.63) is 87.8 Å². The summed E-state index contributed by atoms with van der Waals surface area (Å²) in [5.41, 5.74) is 0. The van der Waals surface area contributed by atoms with Gasteiger partial charge in [-0.05, 0) is 67.3 Å². The number of nitrogens with zero attached hydrogens (tertiary/aromatic N) is 1. The van der Waals surface area contributed by atoms with Crippen molar-refractivity contribution in [1.82, 2.24) is 0 Å². The van der Waals surface area contributed by atoms with Crippen LogP contribution in [0, 0.1) is 5.92 Å². The van der Waals surface area contributed by atoms with E-state index in [1.54, 1.807) is 0 Å². The van der Waals surface area contributed by atoms with E-state index in [2.05, 4.69) is 105 Å². The van der Waals surface area contributed by atoms with E-state index in [4.69, 9.17) is 9.13 Å². The van der Waals surface area contributed by atoms with Crippen LogP contribution in [0.5, 0.6) is 0 Å². The zero-order valence-corrected chi connectivity index (χ0v) is 25.1. The molecule has 0 amide bonds. The van der Waals surface area contributed by atoms with Crippen LogP contribution in [0.15, 0.2) is 107 Å². The lowest BCUT2D eigenvalue weighted by Gasteiger charge is -2.23. The van der Waals surface area contributed by atoms with Crippen molar-refractivity contribution in [1.29, 1.82) is 0 Å². The highest BCUT2D eigenvalue weighted by Gasteiger charge is 2.20. The third-order valence-corrected chi connectivity index (χ3v) is 9.93. The van der Waals surface area contributed by atoms with Crippen LogP contribution in [0.4, 0.5) is 0 Å². The third-order valence-electron chi connectivity index (χ3n) is 5.67. The van der Waals surface area contributed by atoms with Crippen molar-refractivity contribution in [2.24, 2.45) is 10.3 Å². The minimum Gasteiger partial charge on any atom is -0.480 e. The lowest BCUT2D eigenvalue weighted by atomic mass is 9.90. The largest absolute Gasteiger partial charge is 0.480 e. The maximum atomic E-state index is 6.44. The highest BCUT2D eigenvalue weighted by Crippen LogP contribution is 2.40. The maximum Gasteiger partial charge on any atom is 0.197 e. The summed E-state index contributed by atoms with van der Waals surface area (Å²) in [7, 11) is 0. The molecule has 0 saturated heterocycles. The number of hydrogen-bond donors (Lipinski definition) is 0. The lowest BCUT2D eigenvalue weighted by Crippen LogP contribution is -2.18. The first-order valence-electron chi connectivity index (χ1n) is 11.9. The summed E-state index contributed by atoms with van der Waals surface area (Å²) in [6.07, 6.45) is 7.28. The molecule has 0 N–H and O–H groups in total. The van der Waals surface area contributed by atoms with Crippen LogP contribution < -0.4 is 0 Å². The predicted molar refractivity (Wildman–Crippen MR) is 161 cm³/mol. The predicted octanol–water partition coefficient (Wildman–Crippen LogP) is 10.5. The molecule has 1 fully saturated rings. The number of hydrogen-bond acceptors (Lipinski definition) is 5. The highest BCUT2D eigenvalue weighted by atomic mass is 79.9. The van der Waals surface area contributed by atoms with Crippen LogP contribution in [0.3, 0.4) is 0 Å². The van der Waals surface area contributed by atoms with Gasteiger partial charge in [0.25, 0.3) is 0 Å². The van der Waals surface area contributed by atoms with Crippen molar-refractivity contribution in [3.63, 3.8) is 0 Å². The molecule has 0 unspecified atom stereocenters. The van der Waals surface area contributed by atoms with Crippen molar-refractivity contribution < 1.29 is 4.74 Å². The summed E-state index contributed by atoms with van der Waals surface area (Å²) in [4.78, 5) is 3.59. The van der Waals surface area contributed by atoms with E-state index in [1.165, 1.54) is 53.8 Å². The Bertz CT molecular complexity index is 1040. The van der Waals surface area contributed by atoms with Crippen molar-refractivity contribution >= 4 is 73.2 Å². The monoisotopic (exact) mass is 649 g/mol. The fraction of sp³-hybridized carbons (Fsp3) is 0.321. The number of halogens is 2. The standard InChI is InChI=1S/C28H29Br2NOS3/c29-22-11-7-15-25(17-22)33-28(34-26-16-8-12-23(30)18-26)19-27(31-35-24-13-5-2-6-14-24)32-20-21-9-3-1-4-10-21/h2,5-8,11-18,21,28H,1,3-4,9-10,19-20H2/b31-27-. The Labute approximate surface area is 238 Å². The molecular weight excluding hydrogens is 622 g/mol. The highest BCUT2D eigenvalue weighted by molar-refractivity contribution is 9.10. The minimum atomic E-state index is 0.222. The molecule has 0 heterocycles. The number of rotatable bonds is 10. The molecule has 3 aromatic carbocycles. The third kappa shape index (κ3) is 9.84. The van der Waals surface area contributed by atoms with Crippen LogP contribution in [0.2, 0.25) is 0 Å². The lowest BCUT2D eigenvalue weighted by molar-refractivity contribution is 0.196. The molecule has 35 heavy (non-hydrogen) atoms. The van der Waals surface area contributed by atoms with Crippen LogP contribution in [0.1, 0.15) is 38.5 Å². The Morgan fingerprint density at radius 3 is 2.00 bits per heavy atom. The van der Waals surface area contributed by atoms with Gasteiger partial charge in [0.05, 0.1) is 11.2 Å². The first kappa shape index (κ1) is 27.2. The quantitative estimate of drug-likeness (QED) is 0.0715. The fourth-order valence-corrected chi connectivity index (χ4v) is 8.25. The van der Waals surface area contributed by atoms with Crippen molar-refractivity contribution in [3.8, 4) is 0 Å². The first-order valence-corrected chi connectivity index (χ1v) is 16.0. The first-order chi connectivity index (χ1) is 17.1. The Hall–Kier alpha value is -0.860. The zero-order chi connectivity index (χ0) is 24.3. The molecule has 1 aliphatic rings. The molecule has 184 valence electrons. The van der Waals surface area contributed by atoms with Crippen LogP contribution >= 0.6 is 67.3 Å². The Morgan fingerprint density at radius 2 is 1.40 bits per heavy atom. The Morgan fingerprint density at radius 1 is 0.800 bits per heavy atom. The summed E-state index contributed by atoms with van der Waals surface area (Å²) in [5.74, 6) is 1.48. The molecule has 3 aromatic rings. The van der Waals surface area contributed by atoms with Gasteiger partial charge in [-0.1, -0.05) is 81.5 Å². The SMILES string of the molecule is Brc1cccc(SC(C/C(=N/Sc2ccccc2)OCC2CCCCC2)Sc2cccc(Br)c2)c1. The molecule has 0 aliphatic heterocycles. The molecule has 1 saturated carbocycles. The summed E-state index contributed by atoms with van der Waals surface area (Å²) >= 11 is 12.5. The van der Waals surface area contributed by atoms with E-state index in [0.29, 0.717) is 5.92 Å². The molecule has 0 aromatic heterocycles. The molecule has 0 bridgehead atoms. The molecule has 0 spiro atoms. The zero-order valence-electron chi connectivity index (χ0n) is 19.4. The topological polar surface area (TPSA) is 21.6 Å². The van der Waals surface area contributed by atoms with Crippen LogP contribution in [0.25, 0.3) is 0 Å². The van der Waals surface area contributed by atoms with Gasteiger partial charge in [0.1, 0.15) is 0 Å². The van der Waals surface area contributed by atoms with Gasteiger partial charge in [0.2, 0.25) is 0 Å². The van der Waals surface area contributed by atoms with Crippen molar-refractivity contribution in [2.45, 2.75) is 57.8 Å². The van der Waals surface area contributed by atoms with Gasteiger partial charge in [0.15, 0.2) is 5.90 Å². The molecular formula is C28H29Br2NOS3. The fourth-order valence-electron chi connectivity index (χ4n) is 3.91. The van der Waals surface area contributed by atoms with Crippen LogP contribution in [-0.2, 0) is 4.74 Å². The normalized spacial score (nSPS) is 14.9. The van der Waals surface area contributed by atoms with Gasteiger partial charge in [-0.2, -0.15) is 4.40 Å². The van der Waals surface area contributed by atoms with Crippen LogP contribution in [-0.4, -0.2) is 17.1 Å².